The van der Waals surface area contributed by atoms with Crippen LogP contribution in [0.25, 0.3) is 0 Å². The average molecular weight is 264 g/mol. The van der Waals surface area contributed by atoms with Crippen LogP contribution in [0.1, 0.15) is 13.3 Å². The van der Waals surface area contributed by atoms with Gasteiger partial charge in [-0.15, -0.1) is 0 Å². The molecule has 7 heteroatoms. The number of aliphatic hydroxyl groups is 3. The molecule has 0 unspecified atom stereocenters. The second kappa shape index (κ2) is 6.01. The number of ether oxygens (including phenoxy) is 1. The Morgan fingerprint density at radius 1 is 1.47 bits per heavy atom. The van der Waals surface area contributed by atoms with Gasteiger partial charge in [0.2, 0.25) is 0 Å². The summed E-state index contributed by atoms with van der Waals surface area (Å²) in [4.78, 5) is 1.63. The molecule has 4 N–H and O–H groups in total. The lowest BCUT2D eigenvalue weighted by Crippen LogP contribution is -2.52. The van der Waals surface area contributed by atoms with Crippen molar-refractivity contribution < 1.29 is 20.1 Å². The molecule has 6 nitrogen and oxygen atoms in total. The first-order valence-electron chi connectivity index (χ1n) is 5.45. The number of hydrogen-bond donors (Lipinski definition) is 4. The monoisotopic (exact) mass is 264 g/mol. The molecule has 0 bridgehead atoms. The largest absolute Gasteiger partial charge is 0.391 e. The zero-order valence-electron chi connectivity index (χ0n) is 10.2. The van der Waals surface area contributed by atoms with E-state index in [0.717, 1.165) is 11.8 Å². The van der Waals surface area contributed by atoms with Crippen LogP contribution in [0.3, 0.4) is 0 Å². The minimum atomic E-state index is -1.08. The molecular formula is C10H20N2O4S. The van der Waals surface area contributed by atoms with Crippen molar-refractivity contribution in [3.8, 4) is 0 Å². The van der Waals surface area contributed by atoms with Crippen LogP contribution in [0, 0.1) is 5.41 Å². The highest BCUT2D eigenvalue weighted by atomic mass is 32.2. The lowest BCUT2D eigenvalue weighted by Gasteiger charge is -2.38. The SMILES string of the molecule is C[C@@H](O)[C@H]1O[C@H](SC(=N)N(C)C)C[C@@H](O)[C@@H]1O. The van der Waals surface area contributed by atoms with Crippen molar-refractivity contribution in [1.29, 1.82) is 5.41 Å². The highest BCUT2D eigenvalue weighted by Crippen LogP contribution is 2.30. The number of amidine groups is 1. The predicted octanol–water partition coefficient (Wildman–Crippen LogP) is -0.566. The highest BCUT2D eigenvalue weighted by Gasteiger charge is 2.39. The average Bonchev–Trinajstić information content (AvgIpc) is 2.22. The molecule has 1 aliphatic rings. The third-order valence-electron chi connectivity index (χ3n) is 2.60. The Morgan fingerprint density at radius 2 is 2.06 bits per heavy atom. The minimum Gasteiger partial charge on any atom is -0.391 e. The van der Waals surface area contributed by atoms with E-state index in [1.54, 1.807) is 19.0 Å². The summed E-state index contributed by atoms with van der Waals surface area (Å²) >= 11 is 1.16. The Morgan fingerprint density at radius 3 is 2.53 bits per heavy atom. The molecule has 0 aromatic heterocycles. The third-order valence-corrected chi connectivity index (χ3v) is 3.75. The quantitative estimate of drug-likeness (QED) is 0.394. The van der Waals surface area contributed by atoms with Gasteiger partial charge in [-0.1, -0.05) is 11.8 Å². The van der Waals surface area contributed by atoms with E-state index in [-0.39, 0.29) is 6.42 Å². The Bertz CT molecular complexity index is 275. The van der Waals surface area contributed by atoms with Gasteiger partial charge in [-0.2, -0.15) is 0 Å². The summed E-state index contributed by atoms with van der Waals surface area (Å²) in [6.45, 7) is 1.50. The van der Waals surface area contributed by atoms with Crippen LogP contribution in [0.4, 0.5) is 0 Å². The molecule has 1 aliphatic heterocycles. The molecule has 1 rings (SSSR count). The van der Waals surface area contributed by atoms with Crippen molar-refractivity contribution in [2.45, 2.75) is 43.2 Å². The van der Waals surface area contributed by atoms with Gasteiger partial charge in [-0.05, 0) is 6.92 Å². The fraction of sp³-hybridized carbons (Fsp3) is 0.900. The molecule has 0 aliphatic carbocycles. The number of aliphatic hydroxyl groups excluding tert-OH is 3. The summed E-state index contributed by atoms with van der Waals surface area (Å²) in [6, 6.07) is 0. The molecule has 1 saturated heterocycles. The summed E-state index contributed by atoms with van der Waals surface area (Å²) in [5.74, 6) is 0. The number of thioether (sulfide) groups is 1. The van der Waals surface area contributed by atoms with Crippen LogP contribution in [-0.4, -0.2) is 69.3 Å². The maximum atomic E-state index is 9.68. The first kappa shape index (κ1) is 14.7. The number of nitrogens with zero attached hydrogens (tertiary/aromatic N) is 1. The van der Waals surface area contributed by atoms with Gasteiger partial charge < -0.3 is 25.0 Å². The lowest BCUT2D eigenvalue weighted by atomic mass is 9.99. The van der Waals surface area contributed by atoms with Gasteiger partial charge in [-0.3, -0.25) is 5.41 Å². The third kappa shape index (κ3) is 3.82. The van der Waals surface area contributed by atoms with Crippen LogP contribution in [0.2, 0.25) is 0 Å². The number of rotatable bonds is 2. The molecule has 0 spiro atoms. The van der Waals surface area contributed by atoms with Gasteiger partial charge in [-0.25, -0.2) is 0 Å². The van der Waals surface area contributed by atoms with E-state index in [2.05, 4.69) is 0 Å². The highest BCUT2D eigenvalue weighted by molar-refractivity contribution is 8.14. The Kier molecular flexibility index (Phi) is 5.21. The van der Waals surface area contributed by atoms with Crippen molar-refractivity contribution in [1.82, 2.24) is 4.90 Å². The van der Waals surface area contributed by atoms with Gasteiger partial charge in [0.1, 0.15) is 17.6 Å². The molecule has 1 heterocycles. The summed E-state index contributed by atoms with van der Waals surface area (Å²) in [5.41, 5.74) is -0.428. The van der Waals surface area contributed by atoms with E-state index < -0.39 is 29.9 Å². The zero-order valence-corrected chi connectivity index (χ0v) is 11.0. The number of nitrogens with one attached hydrogen (secondary N) is 1. The molecule has 1 fully saturated rings. The second-order valence-corrected chi connectivity index (χ2v) is 5.53. The molecule has 0 aromatic carbocycles. The van der Waals surface area contributed by atoms with Gasteiger partial charge in [0.05, 0.1) is 12.2 Å². The van der Waals surface area contributed by atoms with Crippen molar-refractivity contribution in [2.75, 3.05) is 14.1 Å². The Labute approximate surface area is 105 Å². The summed E-state index contributed by atoms with van der Waals surface area (Å²) in [6.07, 6.45) is -3.45. The normalized spacial score (nSPS) is 35.4. The maximum Gasteiger partial charge on any atom is 0.158 e. The van der Waals surface area contributed by atoms with Crippen LogP contribution < -0.4 is 0 Å². The van der Waals surface area contributed by atoms with Crippen molar-refractivity contribution >= 4 is 16.9 Å². The lowest BCUT2D eigenvalue weighted by molar-refractivity contribution is -0.175. The van der Waals surface area contributed by atoms with Gasteiger partial charge in [0.15, 0.2) is 5.17 Å². The summed E-state index contributed by atoms with van der Waals surface area (Å²) in [5, 5.41) is 36.8. The standard InChI is InChI=1S/C10H20N2O4S/c1-5(13)9-8(15)6(14)4-7(16-9)17-10(11)12(2)3/h5-9,11,13-15H,4H2,1-3H3/t5-,6-,7-,8+,9-/m1/s1. The number of hydrogen-bond acceptors (Lipinski definition) is 6. The Balaban J connectivity index is 2.61. The van der Waals surface area contributed by atoms with Crippen molar-refractivity contribution in [3.05, 3.63) is 0 Å². The van der Waals surface area contributed by atoms with Gasteiger partial charge >= 0.3 is 0 Å². The predicted molar refractivity (Wildman–Crippen MR) is 66.0 cm³/mol. The van der Waals surface area contributed by atoms with Crippen LogP contribution in [0.5, 0.6) is 0 Å². The first-order valence-corrected chi connectivity index (χ1v) is 6.33. The molecule has 0 aromatic rings. The van der Waals surface area contributed by atoms with E-state index in [0.29, 0.717) is 5.17 Å². The fourth-order valence-corrected chi connectivity index (χ4v) is 2.51. The van der Waals surface area contributed by atoms with Crippen molar-refractivity contribution in [3.63, 3.8) is 0 Å². The van der Waals surface area contributed by atoms with E-state index >= 15 is 0 Å². The summed E-state index contributed by atoms with van der Waals surface area (Å²) in [7, 11) is 3.49. The second-order valence-electron chi connectivity index (χ2n) is 4.38. The van der Waals surface area contributed by atoms with E-state index in [1.165, 1.54) is 6.92 Å². The minimum absolute atomic E-state index is 0.241. The maximum absolute atomic E-state index is 9.68. The topological polar surface area (TPSA) is 97.0 Å². The van der Waals surface area contributed by atoms with E-state index in [4.69, 9.17) is 10.1 Å². The molecule has 0 amide bonds. The molecular weight excluding hydrogens is 244 g/mol. The van der Waals surface area contributed by atoms with Gasteiger partial charge in [0, 0.05) is 20.5 Å². The van der Waals surface area contributed by atoms with E-state index in [9.17, 15) is 15.3 Å². The first-order chi connectivity index (χ1) is 7.82. The Hall–Kier alpha value is -0.340. The smallest absolute Gasteiger partial charge is 0.158 e. The van der Waals surface area contributed by atoms with Crippen LogP contribution >= 0.6 is 11.8 Å². The van der Waals surface area contributed by atoms with Crippen LogP contribution in [0.15, 0.2) is 0 Å². The van der Waals surface area contributed by atoms with Crippen molar-refractivity contribution in [2.24, 2.45) is 0 Å². The molecule has 100 valence electrons. The summed E-state index contributed by atoms with van der Waals surface area (Å²) < 4.78 is 5.49. The van der Waals surface area contributed by atoms with Crippen LogP contribution in [-0.2, 0) is 4.74 Å². The zero-order chi connectivity index (χ0) is 13.2. The fourth-order valence-electron chi connectivity index (χ4n) is 1.57. The molecule has 0 saturated carbocycles. The molecule has 5 atom stereocenters. The van der Waals surface area contributed by atoms with Gasteiger partial charge in [0.25, 0.3) is 0 Å². The van der Waals surface area contributed by atoms with E-state index in [1.807, 2.05) is 0 Å². The molecule has 17 heavy (non-hydrogen) atoms. The molecule has 0 radical (unpaired) electrons.